The van der Waals surface area contributed by atoms with Crippen LogP contribution in [-0.4, -0.2) is 15.8 Å². The highest BCUT2D eigenvalue weighted by Crippen LogP contribution is 2.37. The molecular formula is C11H18ClN5O. The quantitative estimate of drug-likeness (QED) is 0.473. The smallest absolute Gasteiger partial charge is 0.252 e. The number of aromatic nitrogens is 2. The molecule has 3 rings (SSSR count). The number of anilines is 1. The zero-order valence-corrected chi connectivity index (χ0v) is 10.8. The van der Waals surface area contributed by atoms with Gasteiger partial charge in [0, 0.05) is 17.9 Å². The Balaban J connectivity index is 0.000000199. The molecule has 2 saturated carbocycles. The molecule has 0 unspecified atom stereocenters. The van der Waals surface area contributed by atoms with E-state index in [-0.39, 0.29) is 18.0 Å². The van der Waals surface area contributed by atoms with E-state index in [1.807, 2.05) is 0 Å². The van der Waals surface area contributed by atoms with Crippen LogP contribution in [0.4, 0.5) is 5.82 Å². The summed E-state index contributed by atoms with van der Waals surface area (Å²) in [6.07, 6.45) is 4.53. The predicted molar refractivity (Wildman–Crippen MR) is 73.1 cm³/mol. The van der Waals surface area contributed by atoms with Gasteiger partial charge in [0.05, 0.1) is 5.84 Å². The van der Waals surface area contributed by atoms with Crippen molar-refractivity contribution in [2.45, 2.75) is 31.6 Å². The van der Waals surface area contributed by atoms with Gasteiger partial charge in [-0.25, -0.2) is 4.98 Å². The average molecular weight is 272 g/mol. The largest absolute Gasteiger partial charge is 0.387 e. The van der Waals surface area contributed by atoms with Crippen LogP contribution >= 0.6 is 12.4 Å². The van der Waals surface area contributed by atoms with Crippen LogP contribution in [0.3, 0.4) is 0 Å². The first-order valence-electron chi connectivity index (χ1n) is 5.77. The summed E-state index contributed by atoms with van der Waals surface area (Å²) in [4.78, 5) is 17.5. The summed E-state index contributed by atoms with van der Waals surface area (Å²) in [7, 11) is 0. The maximum absolute atomic E-state index is 10.9. The lowest BCUT2D eigenvalue weighted by atomic mass is 10.4. The fraction of sp³-hybridized carbons (Fsp3) is 0.545. The van der Waals surface area contributed by atoms with Crippen LogP contribution in [0, 0.1) is 11.3 Å². The number of aromatic amines is 1. The van der Waals surface area contributed by atoms with Gasteiger partial charge in [-0.3, -0.25) is 10.2 Å². The van der Waals surface area contributed by atoms with Crippen LogP contribution in [-0.2, 0) is 0 Å². The van der Waals surface area contributed by atoms with Gasteiger partial charge in [-0.05, 0) is 25.7 Å². The zero-order valence-electron chi connectivity index (χ0n) is 9.98. The number of hydrogen-bond donors (Lipinski definition) is 4. The fourth-order valence-corrected chi connectivity index (χ4v) is 1.44. The molecule has 0 amide bonds. The van der Waals surface area contributed by atoms with Crippen LogP contribution < -0.4 is 17.0 Å². The molecule has 7 heteroatoms. The van der Waals surface area contributed by atoms with Gasteiger partial charge in [0.2, 0.25) is 0 Å². The van der Waals surface area contributed by atoms with E-state index in [4.69, 9.17) is 16.9 Å². The van der Waals surface area contributed by atoms with Crippen molar-refractivity contribution in [3.05, 3.63) is 22.2 Å². The molecule has 2 aliphatic rings. The minimum Gasteiger partial charge on any atom is -0.387 e. The minimum absolute atomic E-state index is 0. The molecule has 0 aliphatic heterocycles. The Morgan fingerprint density at radius 1 is 1.39 bits per heavy atom. The molecule has 0 spiro atoms. The molecule has 1 aromatic rings. The van der Waals surface area contributed by atoms with Crippen LogP contribution in [0.2, 0.25) is 0 Å². The monoisotopic (exact) mass is 271 g/mol. The topological polar surface area (TPSA) is 122 Å². The van der Waals surface area contributed by atoms with E-state index < -0.39 is 0 Å². The predicted octanol–water partition coefficient (Wildman–Crippen LogP) is 0.984. The van der Waals surface area contributed by atoms with E-state index in [0.29, 0.717) is 23.5 Å². The Labute approximate surface area is 111 Å². The number of rotatable bonds is 2. The lowest BCUT2D eigenvalue weighted by Gasteiger charge is -1.96. The Bertz CT molecular complexity index is 479. The van der Waals surface area contributed by atoms with Gasteiger partial charge in [0.25, 0.3) is 5.56 Å². The SMILES string of the molecule is Cl.N=C(N)C1CC1.Nc1cc(=O)[nH]c(C2CC2)n1. The van der Waals surface area contributed by atoms with Gasteiger partial charge in [-0.15, -0.1) is 12.4 Å². The third-order valence-corrected chi connectivity index (χ3v) is 2.76. The molecule has 100 valence electrons. The molecular weight excluding hydrogens is 254 g/mol. The van der Waals surface area contributed by atoms with Crippen molar-refractivity contribution in [3.63, 3.8) is 0 Å². The van der Waals surface area contributed by atoms with E-state index >= 15 is 0 Å². The fourth-order valence-electron chi connectivity index (χ4n) is 1.44. The molecule has 0 atom stereocenters. The highest BCUT2D eigenvalue weighted by Gasteiger charge is 2.26. The van der Waals surface area contributed by atoms with Crippen molar-refractivity contribution >= 4 is 24.1 Å². The van der Waals surface area contributed by atoms with Crippen molar-refractivity contribution < 1.29 is 0 Å². The molecule has 18 heavy (non-hydrogen) atoms. The Kier molecular flexibility index (Phi) is 4.72. The minimum atomic E-state index is -0.153. The first kappa shape index (κ1) is 14.5. The van der Waals surface area contributed by atoms with Crippen molar-refractivity contribution in [2.24, 2.45) is 11.7 Å². The van der Waals surface area contributed by atoms with Crippen LogP contribution in [0.15, 0.2) is 10.9 Å². The van der Waals surface area contributed by atoms with E-state index in [1.165, 1.54) is 6.07 Å². The maximum atomic E-state index is 10.9. The molecule has 1 heterocycles. The van der Waals surface area contributed by atoms with Crippen LogP contribution in [0.25, 0.3) is 0 Å². The molecule has 2 aliphatic carbocycles. The second-order valence-corrected chi connectivity index (χ2v) is 4.56. The van der Waals surface area contributed by atoms with E-state index in [0.717, 1.165) is 31.5 Å². The molecule has 0 radical (unpaired) electrons. The normalized spacial score (nSPS) is 17.1. The molecule has 0 saturated heterocycles. The van der Waals surface area contributed by atoms with Crippen LogP contribution in [0.1, 0.15) is 37.4 Å². The number of hydrogen-bond acceptors (Lipinski definition) is 4. The van der Waals surface area contributed by atoms with Gasteiger partial charge in [-0.2, -0.15) is 0 Å². The zero-order chi connectivity index (χ0) is 12.4. The summed E-state index contributed by atoms with van der Waals surface area (Å²) in [6.45, 7) is 0. The summed E-state index contributed by atoms with van der Waals surface area (Å²) in [5.41, 5.74) is 10.3. The molecule has 1 aromatic heterocycles. The second-order valence-electron chi connectivity index (χ2n) is 4.56. The van der Waals surface area contributed by atoms with Crippen molar-refractivity contribution in [1.82, 2.24) is 9.97 Å². The standard InChI is InChI=1S/C7H9N3O.C4H8N2.ClH/c8-5-3-6(11)10-7(9-5)4-1-2-4;5-4(6)3-1-2-3;/h3-4H,1-2H2,(H3,8,9,10,11);3H,1-2H2,(H3,5,6);1H. The third-order valence-electron chi connectivity index (χ3n) is 2.76. The summed E-state index contributed by atoms with van der Waals surface area (Å²) in [5, 5.41) is 6.79. The number of halogens is 1. The molecule has 0 aromatic carbocycles. The number of amidine groups is 1. The van der Waals surface area contributed by atoms with Gasteiger partial charge in [-0.1, -0.05) is 0 Å². The van der Waals surface area contributed by atoms with Gasteiger partial charge < -0.3 is 16.5 Å². The lowest BCUT2D eigenvalue weighted by Crippen LogP contribution is -2.11. The number of nitrogens with zero attached hydrogens (tertiary/aromatic N) is 1. The third kappa shape index (κ3) is 4.37. The van der Waals surface area contributed by atoms with Crippen molar-refractivity contribution in [2.75, 3.05) is 5.73 Å². The average Bonchev–Trinajstić information content (AvgIpc) is 3.11. The first-order valence-corrected chi connectivity index (χ1v) is 5.77. The highest BCUT2D eigenvalue weighted by molar-refractivity contribution is 5.85. The van der Waals surface area contributed by atoms with Crippen LogP contribution in [0.5, 0.6) is 0 Å². The molecule has 6 nitrogen and oxygen atoms in total. The summed E-state index contributed by atoms with van der Waals surface area (Å²) in [5.74, 6) is 2.34. The summed E-state index contributed by atoms with van der Waals surface area (Å²) < 4.78 is 0. The maximum Gasteiger partial charge on any atom is 0.252 e. The second kappa shape index (κ2) is 5.86. The Hall–Kier alpha value is -1.56. The van der Waals surface area contributed by atoms with Gasteiger partial charge >= 0.3 is 0 Å². The van der Waals surface area contributed by atoms with E-state index in [1.54, 1.807) is 0 Å². The Morgan fingerprint density at radius 2 is 2.00 bits per heavy atom. The summed E-state index contributed by atoms with van der Waals surface area (Å²) >= 11 is 0. The van der Waals surface area contributed by atoms with E-state index in [2.05, 4.69) is 9.97 Å². The first-order chi connectivity index (χ1) is 8.06. The van der Waals surface area contributed by atoms with Gasteiger partial charge in [0.1, 0.15) is 11.6 Å². The summed E-state index contributed by atoms with van der Waals surface area (Å²) in [6, 6.07) is 1.30. The van der Waals surface area contributed by atoms with E-state index in [9.17, 15) is 4.79 Å². The number of nitrogens with one attached hydrogen (secondary N) is 2. The Morgan fingerprint density at radius 3 is 2.33 bits per heavy atom. The molecule has 6 N–H and O–H groups in total. The lowest BCUT2D eigenvalue weighted by molar-refractivity contribution is 0.914. The number of nitrogens with two attached hydrogens (primary N) is 2. The van der Waals surface area contributed by atoms with Crippen molar-refractivity contribution in [3.8, 4) is 0 Å². The molecule has 2 fully saturated rings. The molecule has 0 bridgehead atoms. The highest BCUT2D eigenvalue weighted by atomic mass is 35.5. The number of H-pyrrole nitrogens is 1. The van der Waals surface area contributed by atoms with Crippen molar-refractivity contribution in [1.29, 1.82) is 5.41 Å². The number of nitrogen functional groups attached to an aromatic ring is 1. The van der Waals surface area contributed by atoms with Gasteiger partial charge in [0.15, 0.2) is 0 Å².